The van der Waals surface area contributed by atoms with Crippen molar-refractivity contribution in [1.29, 1.82) is 0 Å². The SMILES string of the molecule is CN(C)c1ccc(CNC(=O)C(CSCC2CCCCC2)NC(=O)C2CCCCC2)cc1. The number of carbonyl (C=O) groups is 2. The van der Waals surface area contributed by atoms with Crippen molar-refractivity contribution in [1.82, 2.24) is 10.6 Å². The summed E-state index contributed by atoms with van der Waals surface area (Å²) in [5.74, 6) is 2.58. The Morgan fingerprint density at radius 1 is 0.969 bits per heavy atom. The lowest BCUT2D eigenvalue weighted by Gasteiger charge is -2.25. The van der Waals surface area contributed by atoms with E-state index in [1.54, 1.807) is 0 Å². The van der Waals surface area contributed by atoms with Crippen molar-refractivity contribution in [3.8, 4) is 0 Å². The Labute approximate surface area is 198 Å². The molecule has 0 aliphatic heterocycles. The summed E-state index contributed by atoms with van der Waals surface area (Å²) < 4.78 is 0. The van der Waals surface area contributed by atoms with Gasteiger partial charge < -0.3 is 15.5 Å². The van der Waals surface area contributed by atoms with Crippen molar-refractivity contribution in [2.45, 2.75) is 76.8 Å². The minimum absolute atomic E-state index is 0.0676. The molecule has 0 bridgehead atoms. The Kier molecular flexibility index (Phi) is 10.2. The van der Waals surface area contributed by atoms with E-state index in [1.165, 1.54) is 38.5 Å². The van der Waals surface area contributed by atoms with Gasteiger partial charge in [-0.25, -0.2) is 0 Å². The fourth-order valence-electron chi connectivity index (χ4n) is 4.77. The molecule has 3 rings (SSSR count). The summed E-state index contributed by atoms with van der Waals surface area (Å²) >= 11 is 1.83. The van der Waals surface area contributed by atoms with Crippen molar-refractivity contribution < 1.29 is 9.59 Å². The maximum Gasteiger partial charge on any atom is 0.243 e. The second-order valence-corrected chi connectivity index (χ2v) is 10.8. The molecule has 2 saturated carbocycles. The molecule has 2 aliphatic carbocycles. The molecule has 2 N–H and O–H groups in total. The zero-order valence-corrected chi connectivity index (χ0v) is 20.7. The molecule has 2 aliphatic rings. The summed E-state index contributed by atoms with van der Waals surface area (Å²) in [5.41, 5.74) is 2.20. The molecular weight excluding hydrogens is 418 g/mol. The summed E-state index contributed by atoms with van der Waals surface area (Å²) in [4.78, 5) is 28.0. The van der Waals surface area contributed by atoms with Gasteiger partial charge in [0.05, 0.1) is 0 Å². The van der Waals surface area contributed by atoms with Crippen LogP contribution in [-0.2, 0) is 16.1 Å². The highest BCUT2D eigenvalue weighted by Crippen LogP contribution is 2.27. The van der Waals surface area contributed by atoms with Crippen LogP contribution in [0.5, 0.6) is 0 Å². The Hall–Kier alpha value is -1.69. The molecule has 1 aromatic carbocycles. The summed E-state index contributed by atoms with van der Waals surface area (Å²) in [6.07, 6.45) is 12.0. The molecule has 0 aromatic heterocycles. The number of rotatable bonds is 10. The van der Waals surface area contributed by atoms with Crippen molar-refractivity contribution in [2.24, 2.45) is 11.8 Å². The number of amides is 2. The molecule has 0 saturated heterocycles. The first-order chi connectivity index (χ1) is 15.5. The van der Waals surface area contributed by atoms with E-state index in [1.807, 2.05) is 38.0 Å². The van der Waals surface area contributed by atoms with Gasteiger partial charge in [-0.15, -0.1) is 0 Å². The van der Waals surface area contributed by atoms with Crippen LogP contribution in [0.2, 0.25) is 0 Å². The molecule has 2 amide bonds. The largest absolute Gasteiger partial charge is 0.378 e. The molecule has 0 spiro atoms. The average Bonchev–Trinajstić information content (AvgIpc) is 2.83. The van der Waals surface area contributed by atoms with E-state index < -0.39 is 6.04 Å². The monoisotopic (exact) mass is 459 g/mol. The first-order valence-electron chi connectivity index (χ1n) is 12.4. The summed E-state index contributed by atoms with van der Waals surface area (Å²) in [6.45, 7) is 0.482. The number of hydrogen-bond donors (Lipinski definition) is 2. The van der Waals surface area contributed by atoms with Crippen LogP contribution in [0, 0.1) is 11.8 Å². The van der Waals surface area contributed by atoms with Gasteiger partial charge in [0, 0.05) is 38.0 Å². The predicted molar refractivity (Wildman–Crippen MR) is 135 cm³/mol. The fourth-order valence-corrected chi connectivity index (χ4v) is 6.04. The van der Waals surface area contributed by atoms with Crippen molar-refractivity contribution >= 4 is 29.3 Å². The minimum Gasteiger partial charge on any atom is -0.378 e. The molecule has 2 fully saturated rings. The quantitative estimate of drug-likeness (QED) is 0.530. The van der Waals surface area contributed by atoms with Gasteiger partial charge >= 0.3 is 0 Å². The number of hydrogen-bond acceptors (Lipinski definition) is 4. The van der Waals surface area contributed by atoms with Gasteiger partial charge in [0.15, 0.2) is 0 Å². The number of carbonyl (C=O) groups excluding carboxylic acids is 2. The van der Waals surface area contributed by atoms with Crippen molar-refractivity contribution in [3.63, 3.8) is 0 Å². The first kappa shape index (κ1) is 24.9. The molecule has 32 heavy (non-hydrogen) atoms. The van der Waals surface area contributed by atoms with Crippen LogP contribution in [0.25, 0.3) is 0 Å². The maximum atomic E-state index is 13.0. The van der Waals surface area contributed by atoms with Gasteiger partial charge in [0.25, 0.3) is 0 Å². The second kappa shape index (κ2) is 13.1. The van der Waals surface area contributed by atoms with E-state index in [-0.39, 0.29) is 17.7 Å². The number of benzene rings is 1. The molecule has 5 nitrogen and oxygen atoms in total. The number of nitrogens with zero attached hydrogens (tertiary/aromatic N) is 1. The highest BCUT2D eigenvalue weighted by molar-refractivity contribution is 7.99. The third-order valence-corrected chi connectivity index (χ3v) is 8.17. The lowest BCUT2D eigenvalue weighted by atomic mass is 9.88. The van der Waals surface area contributed by atoms with Crippen LogP contribution in [0.4, 0.5) is 5.69 Å². The van der Waals surface area contributed by atoms with Crippen LogP contribution < -0.4 is 15.5 Å². The Balaban J connectivity index is 1.53. The van der Waals surface area contributed by atoms with Crippen molar-refractivity contribution in [3.05, 3.63) is 29.8 Å². The normalized spacial score (nSPS) is 18.7. The smallest absolute Gasteiger partial charge is 0.243 e. The van der Waals surface area contributed by atoms with Gasteiger partial charge in [-0.2, -0.15) is 11.8 Å². The molecular formula is C26H41N3O2S. The molecule has 1 atom stereocenters. The standard InChI is InChI=1S/C26H41N3O2S/c1-29(2)23-15-13-20(14-16-23)17-27-26(31)24(19-32-18-21-9-5-3-6-10-21)28-25(30)22-11-7-4-8-12-22/h13-16,21-22,24H,3-12,17-19H2,1-2H3,(H,27,31)(H,28,30). The number of anilines is 1. The Bertz CT molecular complexity index is 710. The third-order valence-electron chi connectivity index (χ3n) is 6.89. The highest BCUT2D eigenvalue weighted by atomic mass is 32.2. The topological polar surface area (TPSA) is 61.4 Å². The van der Waals surface area contributed by atoms with Gasteiger partial charge in [-0.05, 0) is 55.1 Å². The Morgan fingerprint density at radius 3 is 2.22 bits per heavy atom. The Morgan fingerprint density at radius 2 is 1.59 bits per heavy atom. The molecule has 0 heterocycles. The van der Waals surface area contributed by atoms with Crippen molar-refractivity contribution in [2.75, 3.05) is 30.5 Å². The maximum absolute atomic E-state index is 13.0. The van der Waals surface area contributed by atoms with Crippen LogP contribution in [0.3, 0.4) is 0 Å². The molecule has 1 aromatic rings. The third kappa shape index (κ3) is 8.02. The van der Waals surface area contributed by atoms with Gasteiger partial charge in [-0.1, -0.05) is 50.7 Å². The van der Waals surface area contributed by atoms with E-state index in [9.17, 15) is 9.59 Å². The van der Waals surface area contributed by atoms with E-state index in [0.717, 1.165) is 48.6 Å². The summed E-state index contributed by atoms with van der Waals surface area (Å²) in [5, 5.41) is 6.17. The molecule has 0 radical (unpaired) electrons. The summed E-state index contributed by atoms with van der Waals surface area (Å²) in [6, 6.07) is 7.75. The second-order valence-electron chi connectivity index (χ2n) is 9.72. The zero-order chi connectivity index (χ0) is 22.8. The van der Waals surface area contributed by atoms with Crippen LogP contribution in [-0.4, -0.2) is 43.5 Å². The van der Waals surface area contributed by atoms with Crippen LogP contribution >= 0.6 is 11.8 Å². The number of thioether (sulfide) groups is 1. The van der Waals surface area contributed by atoms with Gasteiger partial charge in [0.2, 0.25) is 11.8 Å². The van der Waals surface area contributed by atoms with E-state index >= 15 is 0 Å². The molecule has 6 heteroatoms. The fraction of sp³-hybridized carbons (Fsp3) is 0.692. The molecule has 178 valence electrons. The predicted octanol–water partition coefficient (Wildman–Crippen LogP) is 4.75. The highest BCUT2D eigenvalue weighted by Gasteiger charge is 2.27. The average molecular weight is 460 g/mol. The summed E-state index contributed by atoms with van der Waals surface area (Å²) in [7, 11) is 4.03. The number of nitrogens with one attached hydrogen (secondary N) is 2. The first-order valence-corrected chi connectivity index (χ1v) is 13.6. The van der Waals surface area contributed by atoms with Crippen LogP contribution in [0.1, 0.15) is 69.8 Å². The van der Waals surface area contributed by atoms with E-state index in [0.29, 0.717) is 12.3 Å². The minimum atomic E-state index is -0.459. The zero-order valence-electron chi connectivity index (χ0n) is 19.9. The lowest BCUT2D eigenvalue weighted by molar-refractivity contribution is -0.131. The van der Waals surface area contributed by atoms with E-state index in [2.05, 4.69) is 27.7 Å². The van der Waals surface area contributed by atoms with Crippen LogP contribution in [0.15, 0.2) is 24.3 Å². The van der Waals surface area contributed by atoms with Gasteiger partial charge in [0.1, 0.15) is 6.04 Å². The van der Waals surface area contributed by atoms with Gasteiger partial charge in [-0.3, -0.25) is 9.59 Å². The lowest BCUT2D eigenvalue weighted by Crippen LogP contribution is -2.50. The van der Waals surface area contributed by atoms with E-state index in [4.69, 9.17) is 0 Å². The molecule has 1 unspecified atom stereocenters.